The summed E-state index contributed by atoms with van der Waals surface area (Å²) in [6.07, 6.45) is 1.68. The average molecular weight is 185 g/mol. The van der Waals surface area contributed by atoms with E-state index in [4.69, 9.17) is 5.73 Å². The van der Waals surface area contributed by atoms with Gasteiger partial charge in [0, 0.05) is 6.67 Å². The van der Waals surface area contributed by atoms with Gasteiger partial charge in [-0.2, -0.15) is 0 Å². The van der Waals surface area contributed by atoms with E-state index in [1.165, 1.54) is 0 Å². The molecule has 3 nitrogen and oxygen atoms in total. The summed E-state index contributed by atoms with van der Waals surface area (Å²) in [5.41, 5.74) is 5.17. The Labute approximate surface area is 55.1 Å². The maximum Gasteiger partial charge on any atom is 1.00 e. The molecular weight excluding hydrogens is 179 g/mol. The molecule has 1 rings (SSSR count). The van der Waals surface area contributed by atoms with Crippen molar-refractivity contribution in [1.29, 1.82) is 0 Å². The second-order valence-corrected chi connectivity index (χ2v) is 1.09. The summed E-state index contributed by atoms with van der Waals surface area (Å²) in [6.45, 7) is 0.645. The predicted molar refractivity (Wildman–Crippen MR) is 23.6 cm³/mol. The van der Waals surface area contributed by atoms with Crippen LogP contribution in [0.2, 0.25) is 0 Å². The zero-order valence-electron chi connectivity index (χ0n) is 3.66. The Balaban J connectivity index is 0.000000360. The number of nitrogens with one attached hydrogen (secondary N) is 1. The molecule has 0 atom stereocenters. The first kappa shape index (κ1) is 6.76. The topological polar surface area (TPSA) is 52.1 Å². The summed E-state index contributed by atoms with van der Waals surface area (Å²) in [7, 11) is 0. The molecule has 41 valence electrons. The van der Waals surface area contributed by atoms with Gasteiger partial charge in [-0.25, -0.2) is 0 Å². The van der Waals surface area contributed by atoms with Crippen LogP contribution in [0, 0.1) is 0 Å². The number of nitrogens with zero attached hydrogens (tertiary/aromatic N) is 1. The average Bonchev–Trinajstić information content (AvgIpc) is 1.86. The van der Waals surface area contributed by atoms with E-state index < -0.39 is 0 Å². The van der Waals surface area contributed by atoms with Crippen LogP contribution < -0.4 is 11.1 Å². The molecule has 0 bridgehead atoms. The van der Waals surface area contributed by atoms with E-state index in [1.54, 1.807) is 6.20 Å². The maximum atomic E-state index is 5.17. The van der Waals surface area contributed by atoms with Gasteiger partial charge in [0.1, 0.15) is 0 Å². The Kier molecular flexibility index (Phi) is 2.76. The van der Waals surface area contributed by atoms with Crippen LogP contribution in [0.5, 0.6) is 0 Å². The van der Waals surface area contributed by atoms with Crippen molar-refractivity contribution >= 4 is 0 Å². The van der Waals surface area contributed by atoms with E-state index >= 15 is 0 Å². The zero-order valence-corrected chi connectivity index (χ0v) is 5.40. The second kappa shape index (κ2) is 2.86. The van der Waals surface area contributed by atoms with Crippen LogP contribution in [0.4, 0.5) is 0 Å². The van der Waals surface area contributed by atoms with E-state index in [0.29, 0.717) is 12.5 Å². The van der Waals surface area contributed by atoms with E-state index in [1.807, 2.05) is 0 Å². The minimum absolute atomic E-state index is 0. The fourth-order valence-electron chi connectivity index (χ4n) is 0.333. The van der Waals surface area contributed by atoms with Crippen molar-refractivity contribution in [3.8, 4) is 0 Å². The van der Waals surface area contributed by atoms with Gasteiger partial charge in [0.2, 0.25) is 0 Å². The Morgan fingerprint density at radius 3 is 2.71 bits per heavy atom. The van der Waals surface area contributed by atoms with Crippen LogP contribution in [0.1, 0.15) is 0 Å². The summed E-state index contributed by atoms with van der Waals surface area (Å²) in [5.74, 6) is 0.593. The van der Waals surface area contributed by atoms with Crippen molar-refractivity contribution in [2.24, 2.45) is 5.73 Å². The van der Waals surface area contributed by atoms with Gasteiger partial charge >= 0.3 is 19.5 Å². The standard InChI is InChI=1S/C3H6N3.Ru/c4-3-1-5-2-6-3;/h1,5H,2,4H2;/q-1;+1. The molecule has 7 heavy (non-hydrogen) atoms. The van der Waals surface area contributed by atoms with Crippen molar-refractivity contribution in [2.45, 2.75) is 0 Å². The molecule has 0 aromatic carbocycles. The van der Waals surface area contributed by atoms with E-state index in [-0.39, 0.29) is 19.5 Å². The summed E-state index contributed by atoms with van der Waals surface area (Å²) in [6, 6.07) is 0. The number of nitrogens with two attached hydrogens (primary N) is 1. The van der Waals surface area contributed by atoms with Crippen LogP contribution in [-0.2, 0) is 19.5 Å². The first-order valence-corrected chi connectivity index (χ1v) is 1.76. The van der Waals surface area contributed by atoms with Gasteiger partial charge in [-0.3, -0.25) is 0 Å². The minimum Gasteiger partial charge on any atom is -0.494 e. The van der Waals surface area contributed by atoms with E-state index in [9.17, 15) is 0 Å². The molecule has 0 saturated carbocycles. The molecule has 4 heteroatoms. The van der Waals surface area contributed by atoms with Crippen molar-refractivity contribution in [1.82, 2.24) is 5.32 Å². The van der Waals surface area contributed by atoms with Crippen LogP contribution in [0.15, 0.2) is 12.0 Å². The minimum atomic E-state index is 0. The van der Waals surface area contributed by atoms with Gasteiger partial charge in [-0.05, 0) is 6.20 Å². The van der Waals surface area contributed by atoms with Crippen LogP contribution in [-0.4, -0.2) is 6.67 Å². The molecule has 0 fully saturated rings. The molecule has 0 aromatic rings. The van der Waals surface area contributed by atoms with Crippen molar-refractivity contribution in [3.63, 3.8) is 0 Å². The molecule has 1 radical (unpaired) electrons. The molecule has 3 N–H and O–H groups in total. The summed E-state index contributed by atoms with van der Waals surface area (Å²) < 4.78 is 0. The van der Waals surface area contributed by atoms with Crippen LogP contribution >= 0.6 is 0 Å². The Hall–Kier alpha value is -0.237. The summed E-state index contributed by atoms with van der Waals surface area (Å²) in [4.78, 5) is 0. The summed E-state index contributed by atoms with van der Waals surface area (Å²) >= 11 is 0. The van der Waals surface area contributed by atoms with Crippen molar-refractivity contribution in [2.75, 3.05) is 6.67 Å². The number of rotatable bonds is 0. The van der Waals surface area contributed by atoms with Crippen molar-refractivity contribution < 1.29 is 19.5 Å². The predicted octanol–water partition coefficient (Wildman–Crippen LogP) is -0.324. The number of hydrogen-bond acceptors (Lipinski definition) is 2. The van der Waals surface area contributed by atoms with Gasteiger partial charge < -0.3 is 16.4 Å². The van der Waals surface area contributed by atoms with E-state index in [0.717, 1.165) is 0 Å². The molecular formula is C3H6N3Ru. The molecule has 0 aromatic heterocycles. The van der Waals surface area contributed by atoms with Gasteiger partial charge in [0.15, 0.2) is 0 Å². The van der Waals surface area contributed by atoms with Crippen LogP contribution in [0.25, 0.3) is 5.32 Å². The van der Waals surface area contributed by atoms with Crippen LogP contribution in [0.3, 0.4) is 0 Å². The van der Waals surface area contributed by atoms with Gasteiger partial charge in [0.05, 0.1) is 0 Å². The summed E-state index contributed by atoms with van der Waals surface area (Å²) in [5, 5.41) is 6.58. The smallest absolute Gasteiger partial charge is 0.494 e. The second-order valence-electron chi connectivity index (χ2n) is 1.09. The van der Waals surface area contributed by atoms with Gasteiger partial charge in [-0.1, -0.05) is 5.82 Å². The Morgan fingerprint density at radius 1 is 1.86 bits per heavy atom. The molecule has 1 aliphatic rings. The molecule has 0 saturated heterocycles. The third-order valence-electron chi connectivity index (χ3n) is 0.603. The van der Waals surface area contributed by atoms with E-state index in [2.05, 4.69) is 10.6 Å². The first-order valence-electron chi connectivity index (χ1n) is 1.76. The molecule has 0 amide bonds. The normalized spacial score (nSPS) is 15.7. The maximum absolute atomic E-state index is 5.17. The molecule has 0 spiro atoms. The SMILES string of the molecule is NC1=CNC[N-]1.[Ru+]. The molecule has 0 unspecified atom stereocenters. The zero-order chi connectivity index (χ0) is 4.41. The third-order valence-corrected chi connectivity index (χ3v) is 0.603. The first-order chi connectivity index (χ1) is 2.89. The Morgan fingerprint density at radius 2 is 2.57 bits per heavy atom. The fourth-order valence-corrected chi connectivity index (χ4v) is 0.333. The monoisotopic (exact) mass is 186 g/mol. The molecule has 1 heterocycles. The van der Waals surface area contributed by atoms with Gasteiger partial charge in [0.25, 0.3) is 0 Å². The fraction of sp³-hybridized carbons (Fsp3) is 0.333. The molecule has 1 aliphatic heterocycles. The van der Waals surface area contributed by atoms with Crippen molar-refractivity contribution in [3.05, 3.63) is 17.3 Å². The Bertz CT molecular complexity index is 80.2. The van der Waals surface area contributed by atoms with Gasteiger partial charge in [-0.15, -0.1) is 0 Å². The number of hydrogen-bond donors (Lipinski definition) is 2. The largest absolute Gasteiger partial charge is 1.00 e. The quantitative estimate of drug-likeness (QED) is 0.508. The molecule has 0 aliphatic carbocycles. The third kappa shape index (κ3) is 1.78.